The van der Waals surface area contributed by atoms with Gasteiger partial charge in [-0.25, -0.2) is 0 Å². The van der Waals surface area contributed by atoms with Crippen molar-refractivity contribution in [2.45, 2.75) is 31.7 Å². The number of hydrogen-bond acceptors (Lipinski definition) is 4. The highest BCUT2D eigenvalue weighted by atomic mass is 35.5. The Hall–Kier alpha value is -0.840. The van der Waals surface area contributed by atoms with Gasteiger partial charge in [0.15, 0.2) is 0 Å². The van der Waals surface area contributed by atoms with E-state index in [2.05, 4.69) is 21.8 Å². The molecule has 0 spiro atoms. The first-order valence-corrected chi connectivity index (χ1v) is 7.41. The van der Waals surface area contributed by atoms with Crippen LogP contribution in [0, 0.1) is 0 Å². The van der Waals surface area contributed by atoms with E-state index < -0.39 is 0 Å². The van der Waals surface area contributed by atoms with E-state index in [0.717, 1.165) is 30.8 Å². The minimum absolute atomic E-state index is 0. The van der Waals surface area contributed by atoms with Gasteiger partial charge in [0, 0.05) is 6.04 Å². The number of nitrogens with one attached hydrogen (secondary N) is 1. The van der Waals surface area contributed by atoms with Gasteiger partial charge in [-0.2, -0.15) is 4.37 Å². The number of hydrogen-bond donors (Lipinski definition) is 1. The Balaban J connectivity index is 0.00000133. The van der Waals surface area contributed by atoms with Gasteiger partial charge in [-0.05, 0) is 49.5 Å². The molecular weight excluding hydrogens is 280 g/mol. The minimum Gasteiger partial charge on any atom is -0.477 e. The molecule has 1 aromatic carbocycles. The average molecular weight is 299 g/mol. The van der Waals surface area contributed by atoms with E-state index in [9.17, 15) is 0 Å². The van der Waals surface area contributed by atoms with E-state index in [0.29, 0.717) is 6.04 Å². The number of nitrogens with zero attached hydrogens (tertiary/aromatic N) is 1. The second-order valence-corrected chi connectivity index (χ2v) is 5.57. The summed E-state index contributed by atoms with van der Waals surface area (Å²) in [6.07, 6.45) is 5.01. The minimum atomic E-state index is 0. The van der Waals surface area contributed by atoms with E-state index in [1.165, 1.54) is 35.5 Å². The maximum atomic E-state index is 5.82. The molecule has 1 N–H and O–H groups in total. The van der Waals surface area contributed by atoms with Gasteiger partial charge in [-0.1, -0.05) is 18.6 Å². The van der Waals surface area contributed by atoms with Crippen molar-refractivity contribution >= 4 is 34.0 Å². The Morgan fingerprint density at radius 1 is 1.32 bits per heavy atom. The fourth-order valence-corrected chi connectivity index (χ4v) is 3.16. The second kappa shape index (κ2) is 7.08. The first-order valence-electron chi connectivity index (χ1n) is 6.64. The summed E-state index contributed by atoms with van der Waals surface area (Å²) in [6.45, 7) is 1.91. The van der Waals surface area contributed by atoms with Crippen molar-refractivity contribution < 1.29 is 4.74 Å². The molecular formula is C14H19ClN2OS. The molecule has 5 heteroatoms. The third kappa shape index (κ3) is 3.59. The number of ether oxygens (including phenoxy) is 1. The van der Waals surface area contributed by atoms with Crippen molar-refractivity contribution in [1.29, 1.82) is 0 Å². The molecule has 0 aliphatic carbocycles. The van der Waals surface area contributed by atoms with Gasteiger partial charge in [0.1, 0.15) is 0 Å². The monoisotopic (exact) mass is 298 g/mol. The topological polar surface area (TPSA) is 34.1 Å². The highest BCUT2D eigenvalue weighted by Gasteiger charge is 2.13. The molecule has 0 saturated carbocycles. The van der Waals surface area contributed by atoms with Gasteiger partial charge >= 0.3 is 0 Å². The van der Waals surface area contributed by atoms with E-state index in [-0.39, 0.29) is 12.4 Å². The van der Waals surface area contributed by atoms with E-state index >= 15 is 0 Å². The first kappa shape index (κ1) is 14.6. The fraction of sp³-hybridized carbons (Fsp3) is 0.500. The van der Waals surface area contributed by atoms with Crippen LogP contribution in [0.25, 0.3) is 10.1 Å². The fourth-order valence-electron chi connectivity index (χ4n) is 2.44. The van der Waals surface area contributed by atoms with Gasteiger partial charge in [-0.3, -0.25) is 0 Å². The Morgan fingerprint density at radius 2 is 2.21 bits per heavy atom. The molecule has 1 aliphatic heterocycles. The molecule has 1 aromatic heterocycles. The molecule has 104 valence electrons. The van der Waals surface area contributed by atoms with Crippen molar-refractivity contribution in [3.63, 3.8) is 0 Å². The zero-order valence-electron chi connectivity index (χ0n) is 10.8. The van der Waals surface area contributed by atoms with Gasteiger partial charge in [0.05, 0.1) is 16.7 Å². The average Bonchev–Trinajstić information content (AvgIpc) is 2.84. The molecule has 2 heterocycles. The summed E-state index contributed by atoms with van der Waals surface area (Å²) in [5.74, 6) is 0.798. The van der Waals surface area contributed by atoms with Gasteiger partial charge < -0.3 is 10.1 Å². The van der Waals surface area contributed by atoms with E-state index in [1.54, 1.807) is 0 Å². The molecule has 19 heavy (non-hydrogen) atoms. The number of benzene rings is 1. The smallest absolute Gasteiger partial charge is 0.233 e. The zero-order valence-corrected chi connectivity index (χ0v) is 12.4. The summed E-state index contributed by atoms with van der Waals surface area (Å²) in [7, 11) is 0. The molecule has 0 radical (unpaired) electrons. The van der Waals surface area contributed by atoms with Crippen LogP contribution in [0.3, 0.4) is 0 Å². The molecule has 2 aromatic rings. The highest BCUT2D eigenvalue weighted by molar-refractivity contribution is 7.13. The Kier molecular flexibility index (Phi) is 5.43. The SMILES string of the molecule is Cl.c1ccc2c(OCCC3CCCCN3)nsc2c1. The number of piperidine rings is 1. The summed E-state index contributed by atoms with van der Waals surface area (Å²) in [4.78, 5) is 0. The molecule has 3 nitrogen and oxygen atoms in total. The summed E-state index contributed by atoms with van der Waals surface area (Å²) < 4.78 is 11.4. The summed E-state index contributed by atoms with van der Waals surface area (Å²) >= 11 is 1.51. The standard InChI is InChI=1S/C14H18N2OS.ClH/c1-2-7-13-12(6-1)14(16-18-13)17-10-8-11-5-3-4-9-15-11;/h1-2,6-7,11,15H,3-5,8-10H2;1H. The van der Waals surface area contributed by atoms with Crippen LogP contribution in [-0.2, 0) is 0 Å². The molecule has 0 amide bonds. The van der Waals surface area contributed by atoms with Crippen LogP contribution in [0.5, 0.6) is 5.88 Å². The lowest BCUT2D eigenvalue weighted by molar-refractivity contribution is 0.265. The molecule has 0 bridgehead atoms. The molecule has 1 atom stereocenters. The lowest BCUT2D eigenvalue weighted by Gasteiger charge is -2.23. The zero-order chi connectivity index (χ0) is 12.2. The maximum absolute atomic E-state index is 5.82. The molecule has 1 unspecified atom stereocenters. The molecule has 1 aliphatic rings. The normalized spacial score (nSPS) is 19.1. The summed E-state index contributed by atoms with van der Waals surface area (Å²) in [6, 6.07) is 8.86. The third-order valence-electron chi connectivity index (χ3n) is 3.46. The summed E-state index contributed by atoms with van der Waals surface area (Å²) in [5.41, 5.74) is 0. The lowest BCUT2D eigenvalue weighted by Crippen LogP contribution is -2.35. The van der Waals surface area contributed by atoms with Gasteiger partial charge in [-0.15, -0.1) is 12.4 Å². The highest BCUT2D eigenvalue weighted by Crippen LogP contribution is 2.28. The maximum Gasteiger partial charge on any atom is 0.233 e. The van der Waals surface area contributed by atoms with Crippen LogP contribution in [0.2, 0.25) is 0 Å². The van der Waals surface area contributed by atoms with E-state index in [4.69, 9.17) is 4.74 Å². The molecule has 3 rings (SSSR count). The van der Waals surface area contributed by atoms with Crippen LogP contribution >= 0.6 is 23.9 Å². The predicted molar refractivity (Wildman–Crippen MR) is 82.6 cm³/mol. The Labute approximate surface area is 123 Å². The van der Waals surface area contributed by atoms with Crippen LogP contribution in [0.1, 0.15) is 25.7 Å². The van der Waals surface area contributed by atoms with Crippen molar-refractivity contribution in [3.05, 3.63) is 24.3 Å². The summed E-state index contributed by atoms with van der Waals surface area (Å²) in [5, 5.41) is 4.68. The largest absolute Gasteiger partial charge is 0.477 e. The lowest BCUT2D eigenvalue weighted by atomic mass is 10.0. The quantitative estimate of drug-likeness (QED) is 0.936. The van der Waals surface area contributed by atoms with Crippen LogP contribution < -0.4 is 10.1 Å². The van der Waals surface area contributed by atoms with Crippen molar-refractivity contribution in [2.24, 2.45) is 0 Å². The number of halogens is 1. The van der Waals surface area contributed by atoms with E-state index in [1.807, 2.05) is 12.1 Å². The number of rotatable bonds is 4. The Morgan fingerprint density at radius 3 is 3.05 bits per heavy atom. The second-order valence-electron chi connectivity index (χ2n) is 4.77. The van der Waals surface area contributed by atoms with Crippen molar-refractivity contribution in [3.8, 4) is 5.88 Å². The number of fused-ring (bicyclic) bond motifs is 1. The molecule has 1 fully saturated rings. The van der Waals surface area contributed by atoms with Crippen LogP contribution in [0.15, 0.2) is 24.3 Å². The van der Waals surface area contributed by atoms with Crippen molar-refractivity contribution in [1.82, 2.24) is 9.69 Å². The van der Waals surface area contributed by atoms with Gasteiger partial charge in [0.25, 0.3) is 0 Å². The number of aromatic nitrogens is 1. The Bertz CT molecular complexity index is 511. The molecule has 1 saturated heterocycles. The van der Waals surface area contributed by atoms with Gasteiger partial charge in [0.2, 0.25) is 5.88 Å². The predicted octanol–water partition coefficient (Wildman–Crippen LogP) is 3.63. The van der Waals surface area contributed by atoms with Crippen LogP contribution in [0.4, 0.5) is 0 Å². The van der Waals surface area contributed by atoms with Crippen molar-refractivity contribution in [2.75, 3.05) is 13.2 Å². The first-order chi connectivity index (χ1) is 8.93. The van der Waals surface area contributed by atoms with Crippen LogP contribution in [-0.4, -0.2) is 23.6 Å². The third-order valence-corrected chi connectivity index (χ3v) is 4.27.